The van der Waals surface area contributed by atoms with Crippen molar-refractivity contribution in [2.45, 2.75) is 59.3 Å². The van der Waals surface area contributed by atoms with Gasteiger partial charge in [0.2, 0.25) is 0 Å². The minimum Gasteiger partial charge on any atom is -0.466 e. The van der Waals surface area contributed by atoms with Crippen molar-refractivity contribution >= 4 is 80.9 Å². The molecular formula is C72H90N4O8S3. The van der Waals surface area contributed by atoms with Crippen molar-refractivity contribution in [2.75, 3.05) is 146 Å². The minimum absolute atomic E-state index is 0.327. The first-order chi connectivity index (χ1) is 42.6. The van der Waals surface area contributed by atoms with Crippen LogP contribution < -0.4 is 20.4 Å². The number of amides is 1. The summed E-state index contributed by atoms with van der Waals surface area (Å²) >= 11 is 3.34. The lowest BCUT2D eigenvalue weighted by atomic mass is 9.72. The number of anilines is 2. The number of likely N-dealkylation sites (N-methyl/N-ethyl adjacent to an activating group) is 3. The molecule has 0 bridgehead atoms. The van der Waals surface area contributed by atoms with E-state index >= 15 is 0 Å². The summed E-state index contributed by atoms with van der Waals surface area (Å²) in [4.78, 5) is 31.7. The number of ether oxygens (including phenoxy) is 6. The summed E-state index contributed by atoms with van der Waals surface area (Å²) in [5.74, 6) is 19.0. The molecule has 7 rings (SSSR count). The predicted octanol–water partition coefficient (Wildman–Crippen LogP) is 13.7. The van der Waals surface area contributed by atoms with Crippen LogP contribution in [0.4, 0.5) is 16.2 Å². The molecule has 6 aromatic rings. The quantitative estimate of drug-likeness (QED) is 0.0220. The van der Waals surface area contributed by atoms with Gasteiger partial charge in [0.05, 0.1) is 55.9 Å². The monoisotopic (exact) mass is 1230 g/mol. The summed E-state index contributed by atoms with van der Waals surface area (Å²) in [5, 5.41) is 6.18. The molecule has 2 heterocycles. The molecule has 87 heavy (non-hydrogen) atoms. The van der Waals surface area contributed by atoms with E-state index < -0.39 is 15.4 Å². The first-order valence-electron chi connectivity index (χ1n) is 30.8. The molecule has 0 fully saturated rings. The Balaban J connectivity index is 1.04. The van der Waals surface area contributed by atoms with Crippen LogP contribution in [0.3, 0.4) is 0 Å². The van der Waals surface area contributed by atoms with Crippen molar-refractivity contribution in [3.05, 3.63) is 162 Å². The van der Waals surface area contributed by atoms with Gasteiger partial charge in [-0.15, -0.1) is 22.7 Å². The van der Waals surface area contributed by atoms with Crippen LogP contribution in [0.25, 0.3) is 35.4 Å². The number of thiophene rings is 2. The van der Waals surface area contributed by atoms with Gasteiger partial charge < -0.3 is 48.9 Å². The Morgan fingerprint density at radius 3 is 1.57 bits per heavy atom. The minimum atomic E-state index is -0.560. The number of hydrogen-bond donors (Lipinski definition) is 2. The summed E-state index contributed by atoms with van der Waals surface area (Å²) in [6.07, 6.45) is 10.7. The molecule has 1 amide bonds. The zero-order chi connectivity index (χ0) is 61.5. The van der Waals surface area contributed by atoms with Crippen molar-refractivity contribution < 1.29 is 38.0 Å². The van der Waals surface area contributed by atoms with Crippen LogP contribution in [0, 0.1) is 23.7 Å². The van der Waals surface area contributed by atoms with Crippen LogP contribution in [-0.4, -0.2) is 148 Å². The number of benzene rings is 4. The van der Waals surface area contributed by atoms with Gasteiger partial charge in [0.25, 0.3) is 6.47 Å². The summed E-state index contributed by atoms with van der Waals surface area (Å²) in [5.41, 5.74) is 10.7. The lowest BCUT2D eigenvalue weighted by molar-refractivity contribution is -0.128. The normalized spacial score (nSPS) is 13.6. The zero-order valence-corrected chi connectivity index (χ0v) is 54.7. The van der Waals surface area contributed by atoms with Crippen molar-refractivity contribution in [3.63, 3.8) is 0 Å². The Morgan fingerprint density at radius 2 is 1.08 bits per heavy atom. The first kappa shape index (κ1) is 67.9. The first-order valence-corrected chi connectivity index (χ1v) is 34.7. The van der Waals surface area contributed by atoms with Crippen LogP contribution in [0.15, 0.2) is 109 Å². The van der Waals surface area contributed by atoms with E-state index in [1.165, 1.54) is 45.3 Å². The molecule has 464 valence electrons. The predicted molar refractivity (Wildman–Crippen MR) is 367 cm³/mol. The highest BCUT2D eigenvalue weighted by atomic mass is 32.3. The zero-order valence-electron chi connectivity index (χ0n) is 52.2. The van der Waals surface area contributed by atoms with Gasteiger partial charge in [0.1, 0.15) is 13.2 Å². The van der Waals surface area contributed by atoms with Gasteiger partial charge in [0, 0.05) is 84.2 Å². The van der Waals surface area contributed by atoms with Crippen molar-refractivity contribution in [1.29, 1.82) is 0 Å². The topological polar surface area (TPSA) is 120 Å². The Morgan fingerprint density at radius 1 is 0.575 bits per heavy atom. The van der Waals surface area contributed by atoms with E-state index in [2.05, 4.69) is 212 Å². The number of nitrogens with zero attached hydrogens (tertiary/aromatic N) is 2. The number of methoxy groups -OCH3 is 1. The van der Waals surface area contributed by atoms with E-state index in [4.69, 9.17) is 28.4 Å². The Labute approximate surface area is 528 Å². The Kier molecular flexibility index (Phi) is 28.6. The smallest absolute Gasteiger partial charge is 0.407 e. The molecule has 0 spiro atoms. The maximum absolute atomic E-state index is 12.5. The third-order valence-corrected chi connectivity index (χ3v) is 22.8. The fraction of sp³-hybridized carbons (Fsp3) is 0.417. The molecule has 2 aromatic heterocycles. The molecule has 0 saturated carbocycles. The fourth-order valence-corrected chi connectivity index (χ4v) is 15.2. The fourth-order valence-electron chi connectivity index (χ4n) is 10.8. The lowest BCUT2D eigenvalue weighted by Gasteiger charge is -2.37. The molecule has 12 nitrogen and oxygen atoms in total. The molecule has 1 unspecified atom stereocenters. The molecule has 4 aromatic carbocycles. The number of carbonyl (C=O) groups is 2. The molecular weight excluding hydrogens is 1150 g/mol. The summed E-state index contributed by atoms with van der Waals surface area (Å²) in [6, 6.07) is 38.7. The number of nitrogens with one attached hydrogen (secondary N) is 2. The van der Waals surface area contributed by atoms with Crippen LogP contribution in [0.2, 0.25) is 0 Å². The van der Waals surface area contributed by atoms with Gasteiger partial charge in [-0.25, -0.2) is 14.8 Å². The number of fused-ring (bicyclic) bond motifs is 3. The average Bonchev–Trinajstić information content (AvgIpc) is 1.64. The molecule has 0 aliphatic heterocycles. The van der Waals surface area contributed by atoms with Gasteiger partial charge in [-0.2, -0.15) is 0 Å². The number of alkyl carbamates (subject to hydrolysis) is 1. The highest BCUT2D eigenvalue weighted by Crippen LogP contribution is 2.53. The highest BCUT2D eigenvalue weighted by molar-refractivity contribution is 8.33. The average molecular weight is 1240 g/mol. The molecule has 0 radical (unpaired) electrons. The standard InChI is InChI=1S/C72H90N4O8S3/c1-8-75(42-47-83-56-77)61-24-14-57(15-25-61)18-28-63-32-34-65(85-63)30-20-59-22-36-67-68-37-23-60(55-70(68)72(69(67)54-59,38-44-80-46-41-73-6)39-45-81-51-52-82-50-49-79-7)21-31-66-35-33-64(86-66)29-19-58-16-26-62(27-17-58)76(9-2)43-48-84-71(78)74-40-13-53-87(10-3,11-4)12-5/h14-19,22-29,32-37,54-56,73H,8-13,38-53H2,1-7H3,(H,74,78)/b28-18+,29-19+. The van der Waals surface area contributed by atoms with E-state index in [9.17, 15) is 9.59 Å². The van der Waals surface area contributed by atoms with Gasteiger partial charge >= 0.3 is 6.09 Å². The van der Waals surface area contributed by atoms with Crippen molar-refractivity contribution in [1.82, 2.24) is 10.6 Å². The maximum Gasteiger partial charge on any atom is 0.407 e. The molecule has 2 N–H and O–H groups in total. The Hall–Kier alpha value is -6.63. The van der Waals surface area contributed by atoms with Gasteiger partial charge in [-0.3, -0.25) is 4.79 Å². The maximum atomic E-state index is 12.5. The third-order valence-electron chi connectivity index (χ3n) is 16.1. The molecule has 0 saturated heterocycles. The van der Waals surface area contributed by atoms with E-state index in [1.807, 2.05) is 7.05 Å². The van der Waals surface area contributed by atoms with Crippen LogP contribution >= 0.6 is 32.7 Å². The second-order valence-corrected chi connectivity index (χ2v) is 27.9. The van der Waals surface area contributed by atoms with Crippen LogP contribution in [0.5, 0.6) is 0 Å². The van der Waals surface area contributed by atoms with Crippen LogP contribution in [0.1, 0.15) is 107 Å². The SMILES string of the molecule is CCN(CCOC=O)c1ccc(/C=C/c2ccc(C#Cc3ccc4c(c3)C(CCOCCNC)(CCOCCOCCOC)c3cc(C#Cc5ccc(/C=C/c6ccc(N(CC)CCOC(=O)NCCCS(CC)(CC)CC)cc6)s5)ccc3-4)s2)cc1. The van der Waals surface area contributed by atoms with Gasteiger partial charge in [-0.1, -0.05) is 93.0 Å². The second kappa shape index (κ2) is 36.6. The molecule has 1 atom stereocenters. The van der Waals surface area contributed by atoms with Gasteiger partial charge in [-0.05, 0) is 181 Å². The number of carbonyl (C=O) groups excluding carboxylic acids is 2. The molecule has 1 aliphatic rings. The largest absolute Gasteiger partial charge is 0.466 e. The second-order valence-electron chi connectivity index (χ2n) is 21.1. The van der Waals surface area contributed by atoms with E-state index in [0.717, 1.165) is 92.0 Å². The van der Waals surface area contributed by atoms with Crippen LogP contribution in [-0.2, 0) is 38.6 Å². The van der Waals surface area contributed by atoms with E-state index in [0.29, 0.717) is 85.6 Å². The van der Waals surface area contributed by atoms with E-state index in [1.54, 1.807) is 29.8 Å². The Bertz CT molecular complexity index is 3250. The summed E-state index contributed by atoms with van der Waals surface area (Å²) < 4.78 is 34.1. The van der Waals surface area contributed by atoms with Crippen molar-refractivity contribution in [3.8, 4) is 34.8 Å². The number of hydrogen-bond acceptors (Lipinski definition) is 13. The van der Waals surface area contributed by atoms with Crippen molar-refractivity contribution in [2.24, 2.45) is 0 Å². The number of rotatable bonds is 37. The highest BCUT2D eigenvalue weighted by Gasteiger charge is 2.43. The molecule has 15 heteroatoms. The van der Waals surface area contributed by atoms with Gasteiger partial charge in [0.15, 0.2) is 0 Å². The molecule has 1 aliphatic carbocycles. The summed E-state index contributed by atoms with van der Waals surface area (Å²) in [6.45, 7) is 20.4. The van der Waals surface area contributed by atoms with E-state index in [-0.39, 0.29) is 6.09 Å². The third kappa shape index (κ3) is 20.5. The summed E-state index contributed by atoms with van der Waals surface area (Å²) in [7, 11) is 3.06. The lowest BCUT2D eigenvalue weighted by Crippen LogP contribution is -2.32.